The zero-order chi connectivity index (χ0) is 15.7. The fraction of sp³-hybridized carbons (Fsp3) is 0.429. The van der Waals surface area contributed by atoms with Gasteiger partial charge in [-0.1, -0.05) is 6.92 Å². The second-order valence-corrected chi connectivity index (χ2v) is 5.01. The maximum atomic E-state index is 13.1. The summed E-state index contributed by atoms with van der Waals surface area (Å²) in [6.45, 7) is 3.59. The Hall–Kier alpha value is -2.05. The topological polar surface area (TPSA) is 49.4 Å². The van der Waals surface area contributed by atoms with Gasteiger partial charge >= 0.3 is 0 Å². The number of halogens is 3. The van der Waals surface area contributed by atoms with E-state index in [4.69, 9.17) is 0 Å². The highest BCUT2D eigenvalue weighted by atomic mass is 19.2. The van der Waals surface area contributed by atoms with Gasteiger partial charge in [-0.2, -0.15) is 0 Å². The summed E-state index contributed by atoms with van der Waals surface area (Å²) in [7, 11) is 0. The first-order valence-corrected chi connectivity index (χ1v) is 6.62. The number of hydrogen-bond donors (Lipinski definition) is 1. The van der Waals surface area contributed by atoms with Gasteiger partial charge < -0.3 is 5.32 Å². The van der Waals surface area contributed by atoms with E-state index in [2.05, 4.69) is 5.32 Å². The number of imide groups is 1. The molecule has 7 heteroatoms. The van der Waals surface area contributed by atoms with Gasteiger partial charge in [0.05, 0.1) is 6.42 Å². The van der Waals surface area contributed by atoms with E-state index in [-0.39, 0.29) is 24.1 Å². The van der Waals surface area contributed by atoms with Gasteiger partial charge in [-0.25, -0.2) is 13.2 Å². The third-order valence-electron chi connectivity index (χ3n) is 3.54. The van der Waals surface area contributed by atoms with Crippen LogP contribution in [0.4, 0.5) is 18.9 Å². The van der Waals surface area contributed by atoms with Crippen molar-refractivity contribution in [2.24, 2.45) is 0 Å². The summed E-state index contributed by atoms with van der Waals surface area (Å²) in [6, 6.07) is 0.374. The minimum absolute atomic E-state index is 0.0800. The lowest BCUT2D eigenvalue weighted by atomic mass is 10.2. The van der Waals surface area contributed by atoms with Crippen LogP contribution in [0.3, 0.4) is 0 Å². The monoisotopic (exact) mass is 300 g/mol. The summed E-state index contributed by atoms with van der Waals surface area (Å²) in [5.41, 5.74) is -0.0800. The molecule has 1 aromatic carbocycles. The fourth-order valence-electron chi connectivity index (χ4n) is 2.25. The van der Waals surface area contributed by atoms with Gasteiger partial charge in [0.1, 0.15) is 6.04 Å². The number of carbonyl (C=O) groups excluding carboxylic acids is 2. The van der Waals surface area contributed by atoms with Gasteiger partial charge in [-0.3, -0.25) is 14.5 Å². The predicted octanol–water partition coefficient (Wildman–Crippen LogP) is 2.44. The van der Waals surface area contributed by atoms with Crippen LogP contribution in [0.2, 0.25) is 0 Å². The highest BCUT2D eigenvalue weighted by molar-refractivity contribution is 6.07. The Bertz CT molecular complexity index is 569. The number of carbonyl (C=O) groups is 2. The van der Waals surface area contributed by atoms with Gasteiger partial charge in [0.25, 0.3) is 5.91 Å². The smallest absolute Gasteiger partial charge is 0.252 e. The molecule has 0 saturated carbocycles. The zero-order valence-corrected chi connectivity index (χ0v) is 11.6. The highest BCUT2D eigenvalue weighted by Gasteiger charge is 2.40. The largest absolute Gasteiger partial charge is 0.373 e. The number of hydrogen-bond acceptors (Lipinski definition) is 3. The SMILES string of the molecule is CCC(C)N1C(=O)CC(Nc2cc(F)c(F)c(F)c2)C1=O. The molecule has 1 fully saturated rings. The van der Waals surface area contributed by atoms with Crippen molar-refractivity contribution in [2.75, 3.05) is 5.32 Å². The molecule has 0 spiro atoms. The van der Waals surface area contributed by atoms with Crippen molar-refractivity contribution in [1.82, 2.24) is 4.90 Å². The Morgan fingerprint density at radius 1 is 1.29 bits per heavy atom. The molecule has 4 nitrogen and oxygen atoms in total. The molecule has 2 rings (SSSR count). The first-order chi connectivity index (χ1) is 9.85. The Morgan fingerprint density at radius 3 is 2.38 bits per heavy atom. The van der Waals surface area contributed by atoms with Crippen molar-refractivity contribution in [1.29, 1.82) is 0 Å². The van der Waals surface area contributed by atoms with E-state index in [0.29, 0.717) is 6.42 Å². The molecule has 1 saturated heterocycles. The van der Waals surface area contributed by atoms with E-state index in [0.717, 1.165) is 17.0 Å². The number of likely N-dealkylation sites (tertiary alicyclic amines) is 1. The number of nitrogens with one attached hydrogen (secondary N) is 1. The van der Waals surface area contributed by atoms with Crippen molar-refractivity contribution in [3.63, 3.8) is 0 Å². The van der Waals surface area contributed by atoms with Crippen LogP contribution >= 0.6 is 0 Å². The maximum Gasteiger partial charge on any atom is 0.252 e. The Balaban J connectivity index is 2.18. The third-order valence-corrected chi connectivity index (χ3v) is 3.54. The molecule has 1 aliphatic heterocycles. The van der Waals surface area contributed by atoms with Crippen LogP contribution in [0.5, 0.6) is 0 Å². The predicted molar refractivity (Wildman–Crippen MR) is 69.9 cm³/mol. The standard InChI is InChI=1S/C14H15F3N2O2/c1-3-7(2)19-12(20)6-11(14(19)21)18-8-4-9(15)13(17)10(16)5-8/h4-5,7,11,18H,3,6H2,1-2H3. The van der Waals surface area contributed by atoms with Crippen LogP contribution in [0, 0.1) is 17.5 Å². The first-order valence-electron chi connectivity index (χ1n) is 6.62. The maximum absolute atomic E-state index is 13.1. The molecule has 0 aromatic heterocycles. The molecule has 21 heavy (non-hydrogen) atoms. The van der Waals surface area contributed by atoms with Gasteiger partial charge in [-0.15, -0.1) is 0 Å². The first kappa shape index (κ1) is 15.3. The van der Waals surface area contributed by atoms with Crippen LogP contribution < -0.4 is 5.32 Å². The lowest BCUT2D eigenvalue weighted by molar-refractivity contribution is -0.140. The van der Waals surface area contributed by atoms with Crippen molar-refractivity contribution < 1.29 is 22.8 Å². The number of benzene rings is 1. The molecule has 2 atom stereocenters. The zero-order valence-electron chi connectivity index (χ0n) is 11.6. The molecule has 114 valence electrons. The lowest BCUT2D eigenvalue weighted by Crippen LogP contribution is -2.40. The molecular formula is C14H15F3N2O2. The van der Waals surface area contributed by atoms with Crippen LogP contribution in [0.1, 0.15) is 26.7 Å². The molecule has 1 heterocycles. The highest BCUT2D eigenvalue weighted by Crippen LogP contribution is 2.23. The molecular weight excluding hydrogens is 285 g/mol. The molecule has 0 bridgehead atoms. The molecule has 2 unspecified atom stereocenters. The average molecular weight is 300 g/mol. The number of rotatable bonds is 4. The second kappa shape index (κ2) is 5.75. The van der Waals surface area contributed by atoms with E-state index >= 15 is 0 Å². The third kappa shape index (κ3) is 2.86. The van der Waals surface area contributed by atoms with Crippen molar-refractivity contribution in [3.05, 3.63) is 29.6 Å². The van der Waals surface area contributed by atoms with E-state index in [1.54, 1.807) is 6.92 Å². The van der Waals surface area contributed by atoms with Crippen molar-refractivity contribution in [2.45, 2.75) is 38.8 Å². The molecule has 2 amide bonds. The van der Waals surface area contributed by atoms with Crippen LogP contribution in [-0.2, 0) is 9.59 Å². The summed E-state index contributed by atoms with van der Waals surface area (Å²) in [5.74, 6) is -5.06. The Morgan fingerprint density at radius 2 is 1.86 bits per heavy atom. The van der Waals surface area contributed by atoms with E-state index < -0.39 is 29.4 Å². The summed E-state index contributed by atoms with van der Waals surface area (Å²) in [4.78, 5) is 25.1. The normalized spacial score (nSPS) is 20.0. The van der Waals surface area contributed by atoms with Gasteiger partial charge in [-0.05, 0) is 13.3 Å². The van der Waals surface area contributed by atoms with E-state index in [1.807, 2.05) is 6.92 Å². The Labute approximate surface area is 119 Å². The molecule has 0 aliphatic carbocycles. The lowest BCUT2D eigenvalue weighted by Gasteiger charge is -2.21. The van der Waals surface area contributed by atoms with E-state index in [1.165, 1.54) is 0 Å². The summed E-state index contributed by atoms with van der Waals surface area (Å²) in [5, 5.41) is 2.58. The number of anilines is 1. The summed E-state index contributed by atoms with van der Waals surface area (Å²) >= 11 is 0. The number of nitrogens with zero attached hydrogens (tertiary/aromatic N) is 1. The summed E-state index contributed by atoms with van der Waals surface area (Å²) in [6.07, 6.45) is 0.522. The van der Waals surface area contributed by atoms with E-state index in [9.17, 15) is 22.8 Å². The molecule has 0 radical (unpaired) electrons. The summed E-state index contributed by atoms with van der Waals surface area (Å²) < 4.78 is 39.1. The van der Waals surface area contributed by atoms with Crippen LogP contribution in [0.15, 0.2) is 12.1 Å². The van der Waals surface area contributed by atoms with Crippen LogP contribution in [-0.4, -0.2) is 28.8 Å². The minimum Gasteiger partial charge on any atom is -0.373 e. The molecule has 1 aliphatic rings. The van der Waals surface area contributed by atoms with Crippen LogP contribution in [0.25, 0.3) is 0 Å². The molecule has 1 N–H and O–H groups in total. The van der Waals surface area contributed by atoms with Gasteiger partial charge in [0, 0.05) is 23.9 Å². The van der Waals surface area contributed by atoms with Crippen molar-refractivity contribution >= 4 is 17.5 Å². The average Bonchev–Trinajstić information content (AvgIpc) is 2.70. The van der Waals surface area contributed by atoms with Gasteiger partial charge in [0.2, 0.25) is 5.91 Å². The van der Waals surface area contributed by atoms with Gasteiger partial charge in [0.15, 0.2) is 17.5 Å². The minimum atomic E-state index is -1.57. The quantitative estimate of drug-likeness (QED) is 0.686. The fourth-order valence-corrected chi connectivity index (χ4v) is 2.25. The van der Waals surface area contributed by atoms with Crippen molar-refractivity contribution in [3.8, 4) is 0 Å². The Kier molecular flexibility index (Phi) is 4.20. The molecule has 1 aromatic rings. The second-order valence-electron chi connectivity index (χ2n) is 5.01. The number of amides is 2.